The lowest BCUT2D eigenvalue weighted by Gasteiger charge is -2.22. The Bertz CT molecular complexity index is 483. The summed E-state index contributed by atoms with van der Waals surface area (Å²) in [6.07, 6.45) is 3.20. The van der Waals surface area contributed by atoms with Crippen molar-refractivity contribution in [2.24, 2.45) is 4.99 Å². The van der Waals surface area contributed by atoms with Gasteiger partial charge in [-0.25, -0.2) is 0 Å². The second-order valence-corrected chi connectivity index (χ2v) is 5.32. The number of para-hydroxylation sites is 1. The van der Waals surface area contributed by atoms with Crippen LogP contribution in [0.25, 0.3) is 0 Å². The largest absolute Gasteiger partial charge is 0.382 e. The van der Waals surface area contributed by atoms with E-state index in [0.29, 0.717) is 13.2 Å². The first-order valence-electron chi connectivity index (χ1n) is 7.99. The van der Waals surface area contributed by atoms with Crippen molar-refractivity contribution >= 4 is 35.6 Å². The quantitative estimate of drug-likeness (QED) is 0.297. The summed E-state index contributed by atoms with van der Waals surface area (Å²) in [5.74, 6) is 0.963. The average molecular weight is 433 g/mol. The molecule has 1 aliphatic rings. The molecule has 1 aliphatic heterocycles. The smallest absolute Gasteiger partial charge is 0.198 e. The van der Waals surface area contributed by atoms with Crippen molar-refractivity contribution in [3.63, 3.8) is 0 Å². The Balaban J connectivity index is 0.00000264. The number of fused-ring (bicyclic) bond motifs is 1. The third-order valence-electron chi connectivity index (χ3n) is 3.78. The van der Waals surface area contributed by atoms with Gasteiger partial charge in [0.15, 0.2) is 5.96 Å². The van der Waals surface area contributed by atoms with E-state index in [0.717, 1.165) is 44.9 Å². The maximum Gasteiger partial charge on any atom is 0.198 e. The zero-order chi connectivity index (χ0) is 15.6. The highest BCUT2D eigenvalue weighted by molar-refractivity contribution is 14.0. The van der Waals surface area contributed by atoms with Gasteiger partial charge in [0.2, 0.25) is 0 Å². The number of nitrogens with zero attached hydrogens (tertiary/aromatic N) is 2. The van der Waals surface area contributed by atoms with Crippen LogP contribution in [0.5, 0.6) is 0 Å². The molecule has 1 N–H and O–H groups in total. The number of hydrogen-bond acceptors (Lipinski definition) is 3. The van der Waals surface area contributed by atoms with Gasteiger partial charge in [0, 0.05) is 39.5 Å². The number of methoxy groups -OCH3 is 1. The standard InChI is InChI=1S/C17H27N3O2.HI/c1-18-17(19-10-5-6-12-22-14-13-21-2)20-11-9-15-7-3-4-8-16(15)20;/h3-4,7-8H,5-6,9-14H2,1-2H3,(H,18,19);1H. The molecule has 2 rings (SSSR count). The SMILES string of the molecule is CN=C(NCCCCOCCOC)N1CCc2ccccc21.I. The number of rotatable bonds is 8. The molecule has 1 aromatic carbocycles. The molecule has 0 atom stereocenters. The van der Waals surface area contributed by atoms with E-state index >= 15 is 0 Å². The summed E-state index contributed by atoms with van der Waals surface area (Å²) in [7, 11) is 3.53. The predicted octanol–water partition coefficient (Wildman–Crippen LogP) is 2.69. The average Bonchev–Trinajstić information content (AvgIpc) is 2.98. The van der Waals surface area contributed by atoms with E-state index in [-0.39, 0.29) is 24.0 Å². The molecule has 0 aromatic heterocycles. The van der Waals surface area contributed by atoms with Crippen LogP contribution < -0.4 is 10.2 Å². The monoisotopic (exact) mass is 433 g/mol. The summed E-state index contributed by atoms with van der Waals surface area (Å²) < 4.78 is 10.4. The number of hydrogen-bond donors (Lipinski definition) is 1. The van der Waals surface area contributed by atoms with Crippen LogP contribution in [0.1, 0.15) is 18.4 Å². The van der Waals surface area contributed by atoms with Gasteiger partial charge in [0.1, 0.15) is 0 Å². The lowest BCUT2D eigenvalue weighted by atomic mass is 10.2. The predicted molar refractivity (Wildman–Crippen MR) is 106 cm³/mol. The first-order valence-corrected chi connectivity index (χ1v) is 7.99. The molecule has 1 heterocycles. The highest BCUT2D eigenvalue weighted by Gasteiger charge is 2.21. The molecular formula is C17H28IN3O2. The maximum absolute atomic E-state index is 5.46. The summed E-state index contributed by atoms with van der Waals surface area (Å²) in [5.41, 5.74) is 2.68. The molecule has 0 fully saturated rings. The van der Waals surface area contributed by atoms with Crippen molar-refractivity contribution in [3.8, 4) is 0 Å². The van der Waals surface area contributed by atoms with Crippen molar-refractivity contribution in [2.75, 3.05) is 52.0 Å². The summed E-state index contributed by atoms with van der Waals surface area (Å²) >= 11 is 0. The number of benzene rings is 1. The third-order valence-corrected chi connectivity index (χ3v) is 3.78. The topological polar surface area (TPSA) is 46.1 Å². The summed E-state index contributed by atoms with van der Waals surface area (Å²) in [6.45, 7) is 4.05. The lowest BCUT2D eigenvalue weighted by Crippen LogP contribution is -2.41. The molecule has 23 heavy (non-hydrogen) atoms. The van der Waals surface area contributed by atoms with Crippen LogP contribution >= 0.6 is 24.0 Å². The second kappa shape index (κ2) is 11.6. The maximum atomic E-state index is 5.46. The van der Waals surface area contributed by atoms with Crippen LogP contribution in [-0.2, 0) is 15.9 Å². The van der Waals surface area contributed by atoms with E-state index in [9.17, 15) is 0 Å². The molecule has 0 aliphatic carbocycles. The molecule has 130 valence electrons. The molecule has 0 unspecified atom stereocenters. The molecule has 0 amide bonds. The fourth-order valence-corrected chi connectivity index (χ4v) is 2.63. The minimum Gasteiger partial charge on any atom is -0.382 e. The zero-order valence-electron chi connectivity index (χ0n) is 14.1. The zero-order valence-corrected chi connectivity index (χ0v) is 16.4. The molecular weight excluding hydrogens is 405 g/mol. The van der Waals surface area contributed by atoms with E-state index in [2.05, 4.69) is 39.5 Å². The Morgan fingerprint density at radius 1 is 1.22 bits per heavy atom. The van der Waals surface area contributed by atoms with Crippen molar-refractivity contribution < 1.29 is 9.47 Å². The molecule has 0 saturated heterocycles. The van der Waals surface area contributed by atoms with Gasteiger partial charge >= 0.3 is 0 Å². The van der Waals surface area contributed by atoms with Gasteiger partial charge in [-0.3, -0.25) is 4.99 Å². The minimum atomic E-state index is 0. The van der Waals surface area contributed by atoms with E-state index in [1.165, 1.54) is 11.3 Å². The molecule has 0 spiro atoms. The van der Waals surface area contributed by atoms with E-state index in [1.807, 2.05) is 7.05 Å². The minimum absolute atomic E-state index is 0. The van der Waals surface area contributed by atoms with E-state index < -0.39 is 0 Å². The molecule has 0 radical (unpaired) electrons. The van der Waals surface area contributed by atoms with Crippen LogP contribution in [-0.4, -0.2) is 53.0 Å². The van der Waals surface area contributed by atoms with Gasteiger partial charge in [-0.15, -0.1) is 24.0 Å². The molecule has 1 aromatic rings. The Labute approximate surface area is 156 Å². The molecule has 0 bridgehead atoms. The highest BCUT2D eigenvalue weighted by Crippen LogP contribution is 2.27. The van der Waals surface area contributed by atoms with Crippen molar-refractivity contribution in [2.45, 2.75) is 19.3 Å². The number of anilines is 1. The van der Waals surface area contributed by atoms with Crippen LogP contribution in [0.15, 0.2) is 29.3 Å². The fraction of sp³-hybridized carbons (Fsp3) is 0.588. The molecule has 6 heteroatoms. The third kappa shape index (κ3) is 6.27. The van der Waals surface area contributed by atoms with Gasteiger partial charge in [-0.1, -0.05) is 18.2 Å². The summed E-state index contributed by atoms with van der Waals surface area (Å²) in [4.78, 5) is 6.68. The van der Waals surface area contributed by atoms with Crippen LogP contribution in [0, 0.1) is 0 Å². The number of unbranched alkanes of at least 4 members (excludes halogenated alkanes) is 1. The van der Waals surface area contributed by atoms with E-state index in [4.69, 9.17) is 9.47 Å². The summed E-state index contributed by atoms with van der Waals surface area (Å²) in [5, 5.41) is 3.45. The Hall–Kier alpha value is -0.860. The number of guanidine groups is 1. The van der Waals surface area contributed by atoms with E-state index in [1.54, 1.807) is 7.11 Å². The Morgan fingerprint density at radius 3 is 2.83 bits per heavy atom. The normalized spacial score (nSPS) is 13.7. The number of nitrogens with one attached hydrogen (secondary N) is 1. The Kier molecular flexibility index (Phi) is 10.2. The van der Waals surface area contributed by atoms with Crippen molar-refractivity contribution in [3.05, 3.63) is 29.8 Å². The van der Waals surface area contributed by atoms with Gasteiger partial charge < -0.3 is 19.7 Å². The van der Waals surface area contributed by atoms with Gasteiger partial charge in [0.25, 0.3) is 0 Å². The van der Waals surface area contributed by atoms with Gasteiger partial charge in [-0.05, 0) is 30.9 Å². The van der Waals surface area contributed by atoms with Crippen molar-refractivity contribution in [1.82, 2.24) is 5.32 Å². The van der Waals surface area contributed by atoms with Gasteiger partial charge in [-0.2, -0.15) is 0 Å². The first kappa shape index (κ1) is 20.2. The second-order valence-electron chi connectivity index (χ2n) is 5.32. The van der Waals surface area contributed by atoms with Crippen LogP contribution in [0.4, 0.5) is 5.69 Å². The lowest BCUT2D eigenvalue weighted by molar-refractivity contribution is 0.0689. The number of ether oxygens (including phenoxy) is 2. The number of halogens is 1. The summed E-state index contributed by atoms with van der Waals surface area (Å²) in [6, 6.07) is 8.54. The molecule has 5 nitrogen and oxygen atoms in total. The number of aliphatic imine (C=N–C) groups is 1. The first-order chi connectivity index (χ1) is 10.9. The van der Waals surface area contributed by atoms with Crippen molar-refractivity contribution in [1.29, 1.82) is 0 Å². The van der Waals surface area contributed by atoms with Gasteiger partial charge in [0.05, 0.1) is 13.2 Å². The molecule has 0 saturated carbocycles. The fourth-order valence-electron chi connectivity index (χ4n) is 2.63. The highest BCUT2D eigenvalue weighted by atomic mass is 127. The van der Waals surface area contributed by atoms with Crippen LogP contribution in [0.2, 0.25) is 0 Å². The van der Waals surface area contributed by atoms with Crippen LogP contribution in [0.3, 0.4) is 0 Å². The Morgan fingerprint density at radius 2 is 2.04 bits per heavy atom.